The van der Waals surface area contributed by atoms with Crippen LogP contribution in [0.3, 0.4) is 0 Å². The van der Waals surface area contributed by atoms with Crippen LogP contribution in [0.15, 0.2) is 51.8 Å². The number of hydrogen-bond donors (Lipinski definition) is 1. The summed E-state index contributed by atoms with van der Waals surface area (Å²) in [4.78, 5) is 13.4. The van der Waals surface area contributed by atoms with Gasteiger partial charge in [-0.2, -0.15) is 4.31 Å². The Bertz CT molecular complexity index is 1010. The van der Waals surface area contributed by atoms with E-state index in [1.54, 1.807) is 24.3 Å². The van der Waals surface area contributed by atoms with Crippen molar-refractivity contribution in [2.75, 3.05) is 11.9 Å². The molecule has 0 aromatic heterocycles. The van der Waals surface area contributed by atoms with Crippen LogP contribution in [0, 0.1) is 0 Å². The highest BCUT2D eigenvalue weighted by atomic mass is 79.9. The van der Waals surface area contributed by atoms with Crippen LogP contribution < -0.4 is 5.32 Å². The summed E-state index contributed by atoms with van der Waals surface area (Å²) in [5, 5.41) is 3.05. The van der Waals surface area contributed by atoms with Crippen molar-refractivity contribution in [1.82, 2.24) is 4.31 Å². The minimum absolute atomic E-state index is 0.220. The largest absolute Gasteiger partial charge is 0.324 e. The monoisotopic (exact) mass is 476 g/mol. The van der Waals surface area contributed by atoms with Crippen molar-refractivity contribution in [1.29, 1.82) is 0 Å². The first-order valence-corrected chi connectivity index (χ1v) is 12.4. The molecular formula is C22H25BrN2O3S. The van der Waals surface area contributed by atoms with Crippen molar-refractivity contribution in [3.63, 3.8) is 0 Å². The van der Waals surface area contributed by atoms with Gasteiger partial charge in [-0.1, -0.05) is 34.5 Å². The van der Waals surface area contributed by atoms with E-state index in [2.05, 4.69) is 27.3 Å². The summed E-state index contributed by atoms with van der Waals surface area (Å²) in [5.74, 6) is -0.232. The Labute approximate surface area is 180 Å². The van der Waals surface area contributed by atoms with Crippen molar-refractivity contribution < 1.29 is 13.2 Å². The van der Waals surface area contributed by atoms with Crippen LogP contribution in [-0.4, -0.2) is 31.2 Å². The smallest absolute Gasteiger partial charge is 0.243 e. The summed E-state index contributed by atoms with van der Waals surface area (Å²) in [7, 11) is -3.73. The van der Waals surface area contributed by atoms with Gasteiger partial charge in [-0.05, 0) is 80.0 Å². The second kappa shape index (κ2) is 8.58. The van der Waals surface area contributed by atoms with Crippen molar-refractivity contribution in [3.05, 3.63) is 58.1 Å². The van der Waals surface area contributed by atoms with Crippen LogP contribution in [0.4, 0.5) is 5.69 Å². The van der Waals surface area contributed by atoms with Gasteiger partial charge in [-0.3, -0.25) is 4.79 Å². The fraction of sp³-hybridized carbons (Fsp3) is 0.409. The van der Waals surface area contributed by atoms with Crippen LogP contribution in [0.1, 0.15) is 43.2 Å². The number of piperidine rings is 1. The topological polar surface area (TPSA) is 66.5 Å². The number of fused-ring (bicyclic) bond motifs is 1. The van der Waals surface area contributed by atoms with Crippen LogP contribution in [0.5, 0.6) is 0 Å². The maximum Gasteiger partial charge on any atom is 0.243 e. The van der Waals surface area contributed by atoms with E-state index in [4.69, 9.17) is 0 Å². The molecule has 1 atom stereocenters. The molecule has 0 spiro atoms. The fourth-order valence-corrected chi connectivity index (χ4v) is 6.23. The van der Waals surface area contributed by atoms with Crippen LogP contribution >= 0.6 is 15.9 Å². The van der Waals surface area contributed by atoms with Gasteiger partial charge in [0, 0.05) is 16.7 Å². The number of hydrogen-bond acceptors (Lipinski definition) is 3. The van der Waals surface area contributed by atoms with Gasteiger partial charge in [0.2, 0.25) is 15.9 Å². The molecule has 7 heteroatoms. The number of anilines is 1. The Hall–Kier alpha value is -1.70. The normalized spacial score (nSPS) is 20.1. The van der Waals surface area contributed by atoms with E-state index in [0.717, 1.165) is 42.3 Å². The highest BCUT2D eigenvalue weighted by molar-refractivity contribution is 9.10. The number of nitrogens with one attached hydrogen (secondary N) is 1. The third-order valence-electron chi connectivity index (χ3n) is 5.83. The third kappa shape index (κ3) is 4.27. The summed E-state index contributed by atoms with van der Waals surface area (Å²) in [6.45, 7) is 0.364. The molecule has 29 heavy (non-hydrogen) atoms. The molecule has 1 unspecified atom stereocenters. The number of amides is 1. The predicted molar refractivity (Wildman–Crippen MR) is 117 cm³/mol. The van der Waals surface area contributed by atoms with Crippen LogP contribution in [-0.2, 0) is 27.7 Å². The lowest BCUT2D eigenvalue weighted by atomic mass is 9.90. The zero-order valence-corrected chi connectivity index (χ0v) is 18.6. The number of nitrogens with zero attached hydrogens (tertiary/aromatic N) is 1. The van der Waals surface area contributed by atoms with Crippen molar-refractivity contribution >= 4 is 37.5 Å². The second-order valence-corrected chi connectivity index (χ2v) is 10.5. The molecular weight excluding hydrogens is 452 g/mol. The number of aryl methyl sites for hydroxylation is 1. The number of carbonyl (C=O) groups is 1. The first-order chi connectivity index (χ1) is 14.0. The molecule has 1 aliphatic carbocycles. The van der Waals surface area contributed by atoms with Gasteiger partial charge in [0.05, 0.1) is 4.90 Å². The highest BCUT2D eigenvalue weighted by Crippen LogP contribution is 2.30. The molecule has 1 saturated heterocycles. The van der Waals surface area contributed by atoms with Gasteiger partial charge < -0.3 is 5.32 Å². The molecule has 4 rings (SSSR count). The first-order valence-electron chi connectivity index (χ1n) is 10.2. The zero-order valence-electron chi connectivity index (χ0n) is 16.2. The Morgan fingerprint density at radius 1 is 1.00 bits per heavy atom. The van der Waals surface area contributed by atoms with Gasteiger partial charge in [0.15, 0.2) is 0 Å². The molecule has 1 fully saturated rings. The van der Waals surface area contributed by atoms with E-state index in [1.807, 2.05) is 12.1 Å². The molecule has 5 nitrogen and oxygen atoms in total. The maximum absolute atomic E-state index is 13.2. The average molecular weight is 477 g/mol. The van der Waals surface area contributed by atoms with E-state index in [0.29, 0.717) is 13.0 Å². The molecule has 2 aliphatic rings. The fourth-order valence-electron chi connectivity index (χ4n) is 4.31. The van der Waals surface area contributed by atoms with E-state index >= 15 is 0 Å². The first kappa shape index (κ1) is 20.6. The Morgan fingerprint density at radius 2 is 1.76 bits per heavy atom. The molecule has 1 N–H and O–H groups in total. The van der Waals surface area contributed by atoms with Crippen molar-refractivity contribution in [2.24, 2.45) is 0 Å². The number of carbonyl (C=O) groups excluding carboxylic acids is 1. The molecule has 2 aromatic carbocycles. The van der Waals surface area contributed by atoms with Crippen LogP contribution in [0.25, 0.3) is 0 Å². The van der Waals surface area contributed by atoms with Gasteiger partial charge in [0.1, 0.15) is 6.04 Å². The summed E-state index contributed by atoms with van der Waals surface area (Å²) in [6, 6.07) is 11.9. The van der Waals surface area contributed by atoms with Gasteiger partial charge in [-0.15, -0.1) is 0 Å². The maximum atomic E-state index is 13.2. The molecule has 0 saturated carbocycles. The standard InChI is InChI=1S/C22H25BrN2O3S/c23-17-11-13-18(14-12-17)29(27,28)25-15-4-3-10-21(25)22(26)24-20-9-5-7-16-6-1-2-8-19(16)20/h5,7,9,11-14,21H,1-4,6,8,10,15H2,(H,24,26). The number of sulfonamides is 1. The lowest BCUT2D eigenvalue weighted by Crippen LogP contribution is -2.49. The Balaban J connectivity index is 1.59. The van der Waals surface area contributed by atoms with E-state index in [1.165, 1.54) is 21.9 Å². The summed E-state index contributed by atoms with van der Waals surface area (Å²) in [6.07, 6.45) is 6.43. The van der Waals surface area contributed by atoms with Crippen molar-refractivity contribution in [2.45, 2.75) is 55.9 Å². The molecule has 154 valence electrons. The van der Waals surface area contributed by atoms with E-state index in [9.17, 15) is 13.2 Å². The molecule has 2 aromatic rings. The minimum atomic E-state index is -3.73. The van der Waals surface area contributed by atoms with E-state index < -0.39 is 16.1 Å². The average Bonchev–Trinajstić information content (AvgIpc) is 2.74. The lowest BCUT2D eigenvalue weighted by molar-refractivity contribution is -0.120. The third-order valence-corrected chi connectivity index (χ3v) is 8.28. The molecule has 1 aliphatic heterocycles. The molecule has 0 bridgehead atoms. The molecule has 1 amide bonds. The molecule has 0 radical (unpaired) electrons. The highest BCUT2D eigenvalue weighted by Gasteiger charge is 2.37. The van der Waals surface area contributed by atoms with Crippen LogP contribution in [0.2, 0.25) is 0 Å². The Kier molecular flexibility index (Phi) is 6.08. The summed E-state index contributed by atoms with van der Waals surface area (Å²) < 4.78 is 28.7. The van der Waals surface area contributed by atoms with Crippen molar-refractivity contribution in [3.8, 4) is 0 Å². The predicted octanol–water partition coefficient (Wildman–Crippen LogP) is 4.51. The number of benzene rings is 2. The molecule has 1 heterocycles. The van der Waals surface area contributed by atoms with Gasteiger partial charge in [-0.25, -0.2) is 8.42 Å². The lowest BCUT2D eigenvalue weighted by Gasteiger charge is -2.34. The quantitative estimate of drug-likeness (QED) is 0.705. The van der Waals surface area contributed by atoms with Gasteiger partial charge in [0.25, 0.3) is 0 Å². The number of halogens is 1. The Morgan fingerprint density at radius 3 is 2.55 bits per heavy atom. The minimum Gasteiger partial charge on any atom is -0.324 e. The summed E-state index contributed by atoms with van der Waals surface area (Å²) >= 11 is 3.34. The second-order valence-electron chi connectivity index (χ2n) is 7.72. The SMILES string of the molecule is O=C(Nc1cccc2c1CCCC2)C1CCCCN1S(=O)(=O)c1ccc(Br)cc1. The van der Waals surface area contributed by atoms with Gasteiger partial charge >= 0.3 is 0 Å². The van der Waals surface area contributed by atoms with E-state index in [-0.39, 0.29) is 10.8 Å². The zero-order chi connectivity index (χ0) is 20.4. The number of rotatable bonds is 4. The summed E-state index contributed by atoms with van der Waals surface area (Å²) in [5.41, 5.74) is 3.32.